The summed E-state index contributed by atoms with van der Waals surface area (Å²) in [6, 6.07) is 10.1. The number of benzene rings is 2. The van der Waals surface area contributed by atoms with Gasteiger partial charge in [-0.25, -0.2) is 0 Å². The van der Waals surface area contributed by atoms with Gasteiger partial charge in [0.1, 0.15) is 18.5 Å². The minimum atomic E-state index is -0.779. The van der Waals surface area contributed by atoms with Crippen molar-refractivity contribution in [1.29, 1.82) is 0 Å². The Balaban J connectivity index is 0.00000364. The molecule has 146 valence electrons. The van der Waals surface area contributed by atoms with Gasteiger partial charge in [0, 0.05) is 6.07 Å². The number of aryl methyl sites for hydroxylation is 2. The number of nitrogens with zero attached hydrogens (tertiary/aromatic N) is 1. The number of nitrogens with one attached hydrogen (secondary N) is 1. The molecule has 1 unspecified atom stereocenters. The summed E-state index contributed by atoms with van der Waals surface area (Å²) in [7, 11) is 0. The standard InChI is InChI=1S/C18H22N4O4.ClH/c1-11-7-14(16(23)9-21-18(19)20)8-12(2)17(11)26-10-13-5-3-4-6-15(13)22(24)25;/h3-8,16,23H,9-10H2,1-2H3,(H4,19,20,21);1H/p+1. The van der Waals surface area contributed by atoms with Crippen molar-refractivity contribution < 1.29 is 19.8 Å². The van der Waals surface area contributed by atoms with Crippen LogP contribution in [0.4, 0.5) is 5.69 Å². The summed E-state index contributed by atoms with van der Waals surface area (Å²) < 4.78 is 5.83. The first-order valence-corrected chi connectivity index (χ1v) is 8.05. The maximum Gasteiger partial charge on any atom is 0.338 e. The van der Waals surface area contributed by atoms with Crippen molar-refractivity contribution in [3.8, 4) is 5.75 Å². The van der Waals surface area contributed by atoms with Gasteiger partial charge < -0.3 is 9.84 Å². The maximum atomic E-state index is 11.1. The second-order valence-electron chi connectivity index (χ2n) is 6.01. The van der Waals surface area contributed by atoms with Gasteiger partial charge in [0.05, 0.1) is 17.0 Å². The van der Waals surface area contributed by atoms with Crippen molar-refractivity contribution in [2.24, 2.45) is 11.5 Å². The number of rotatable bonds is 7. The molecule has 0 bridgehead atoms. The van der Waals surface area contributed by atoms with Gasteiger partial charge >= 0.3 is 5.96 Å². The molecule has 0 saturated heterocycles. The molecule has 6 N–H and O–H groups in total. The fourth-order valence-electron chi connectivity index (χ4n) is 2.70. The van der Waals surface area contributed by atoms with Crippen molar-refractivity contribution in [1.82, 2.24) is 0 Å². The number of nitro benzene ring substituents is 1. The van der Waals surface area contributed by atoms with Crippen LogP contribution >= 0.6 is 12.4 Å². The summed E-state index contributed by atoms with van der Waals surface area (Å²) in [5, 5.41) is 21.3. The van der Waals surface area contributed by atoms with E-state index < -0.39 is 11.0 Å². The third-order valence-corrected chi connectivity index (χ3v) is 3.93. The van der Waals surface area contributed by atoms with Gasteiger partial charge in [-0.05, 0) is 48.7 Å². The molecule has 0 radical (unpaired) electrons. The van der Waals surface area contributed by atoms with Crippen LogP contribution in [0, 0.1) is 24.0 Å². The molecule has 2 aromatic rings. The van der Waals surface area contributed by atoms with Crippen molar-refractivity contribution >= 4 is 24.1 Å². The lowest BCUT2D eigenvalue weighted by molar-refractivity contribution is -0.472. The van der Waals surface area contributed by atoms with Crippen molar-refractivity contribution in [2.75, 3.05) is 6.54 Å². The van der Waals surface area contributed by atoms with Crippen LogP contribution in [0.25, 0.3) is 0 Å². The number of hydrogen-bond donors (Lipinski definition) is 4. The smallest absolute Gasteiger partial charge is 0.338 e. The molecule has 2 rings (SSSR count). The predicted molar refractivity (Wildman–Crippen MR) is 105 cm³/mol. The summed E-state index contributed by atoms with van der Waals surface area (Å²) in [6.45, 7) is 3.99. The van der Waals surface area contributed by atoms with Crippen LogP contribution in [-0.4, -0.2) is 22.5 Å². The molecule has 27 heavy (non-hydrogen) atoms. The highest BCUT2D eigenvalue weighted by Gasteiger charge is 2.16. The van der Waals surface area contributed by atoms with Gasteiger partial charge in [-0.1, -0.05) is 12.1 Å². The molecule has 9 heteroatoms. The number of aliphatic hydroxyl groups is 1. The number of ether oxygens (including phenoxy) is 1. The van der Waals surface area contributed by atoms with E-state index in [0.717, 1.165) is 11.1 Å². The van der Waals surface area contributed by atoms with Gasteiger partial charge in [0.15, 0.2) is 0 Å². The lowest BCUT2D eigenvalue weighted by atomic mass is 10.0. The Bertz CT molecular complexity index is 815. The van der Waals surface area contributed by atoms with E-state index in [1.807, 2.05) is 13.8 Å². The van der Waals surface area contributed by atoms with Crippen molar-refractivity contribution in [2.45, 2.75) is 26.6 Å². The minimum absolute atomic E-state index is 0. The monoisotopic (exact) mass is 395 g/mol. The van der Waals surface area contributed by atoms with Gasteiger partial charge in [0.2, 0.25) is 0 Å². The SMILES string of the molecule is Cc1cc(C(O)C[NH+]=C(N)N)cc(C)c1OCc1ccccc1[N+](=O)[O-].Cl. The van der Waals surface area contributed by atoms with E-state index in [-0.39, 0.29) is 37.2 Å². The van der Waals surface area contributed by atoms with E-state index in [1.165, 1.54) is 6.07 Å². The second-order valence-corrected chi connectivity index (χ2v) is 6.01. The molecule has 8 nitrogen and oxygen atoms in total. The first kappa shape index (κ1) is 22.2. The number of guanidine groups is 1. The number of halogens is 1. The van der Waals surface area contributed by atoms with E-state index >= 15 is 0 Å². The van der Waals surface area contributed by atoms with Crippen LogP contribution in [0.1, 0.15) is 28.4 Å². The Labute approximate surface area is 163 Å². The highest BCUT2D eigenvalue weighted by molar-refractivity contribution is 5.85. The van der Waals surface area contributed by atoms with E-state index in [4.69, 9.17) is 16.2 Å². The van der Waals surface area contributed by atoms with Gasteiger partial charge in [0.25, 0.3) is 5.69 Å². The largest absolute Gasteiger partial charge is 0.488 e. The van der Waals surface area contributed by atoms with Crippen LogP contribution in [0.3, 0.4) is 0 Å². The number of para-hydroxylation sites is 1. The lowest BCUT2D eigenvalue weighted by Crippen LogP contribution is -2.79. The van der Waals surface area contributed by atoms with Crippen LogP contribution in [-0.2, 0) is 6.61 Å². The van der Waals surface area contributed by atoms with Gasteiger partial charge in [-0.2, -0.15) is 0 Å². The zero-order chi connectivity index (χ0) is 19.3. The molecule has 0 aromatic heterocycles. The topological polar surface area (TPSA) is 139 Å². The highest BCUT2D eigenvalue weighted by atomic mass is 35.5. The summed E-state index contributed by atoms with van der Waals surface area (Å²) >= 11 is 0. The molecule has 0 spiro atoms. The summed E-state index contributed by atoms with van der Waals surface area (Å²) in [6.07, 6.45) is -0.779. The molecular formula is C18H24ClN4O4+. The molecule has 0 aliphatic heterocycles. The maximum absolute atomic E-state index is 11.1. The average Bonchev–Trinajstić information content (AvgIpc) is 2.58. The van der Waals surface area contributed by atoms with Crippen LogP contribution in [0.5, 0.6) is 5.75 Å². The molecular weight excluding hydrogens is 372 g/mol. The fraction of sp³-hybridized carbons (Fsp3) is 0.278. The lowest BCUT2D eigenvalue weighted by Gasteiger charge is -2.16. The number of hydrogen-bond acceptors (Lipinski definition) is 4. The minimum Gasteiger partial charge on any atom is -0.488 e. The molecule has 0 amide bonds. The number of aliphatic hydroxyl groups excluding tert-OH is 1. The second kappa shape index (κ2) is 9.75. The van der Waals surface area contributed by atoms with Crippen LogP contribution in [0.2, 0.25) is 0 Å². The first-order chi connectivity index (χ1) is 12.3. The van der Waals surface area contributed by atoms with Gasteiger partial charge in [-0.15, -0.1) is 12.4 Å². The Morgan fingerprint density at radius 1 is 1.26 bits per heavy atom. The molecule has 2 aromatic carbocycles. The first-order valence-electron chi connectivity index (χ1n) is 8.05. The molecule has 0 aliphatic carbocycles. The van der Waals surface area contributed by atoms with Crippen LogP contribution in [0.15, 0.2) is 36.4 Å². The van der Waals surface area contributed by atoms with E-state index in [2.05, 4.69) is 4.99 Å². The summed E-state index contributed by atoms with van der Waals surface area (Å²) in [4.78, 5) is 13.4. The Hall–Kier alpha value is -2.84. The number of nitro groups is 1. The number of nitrogens with two attached hydrogens (primary N) is 2. The molecule has 0 saturated carbocycles. The van der Waals surface area contributed by atoms with E-state index in [1.54, 1.807) is 30.3 Å². The highest BCUT2D eigenvalue weighted by Crippen LogP contribution is 2.29. The fourth-order valence-corrected chi connectivity index (χ4v) is 2.70. The van der Waals surface area contributed by atoms with E-state index in [0.29, 0.717) is 16.9 Å². The quantitative estimate of drug-likeness (QED) is 0.234. The zero-order valence-corrected chi connectivity index (χ0v) is 16.0. The van der Waals surface area contributed by atoms with Crippen LogP contribution < -0.4 is 21.2 Å². The third kappa shape index (κ3) is 5.83. The Morgan fingerprint density at radius 3 is 2.41 bits per heavy atom. The summed E-state index contributed by atoms with van der Waals surface area (Å²) in [5.74, 6) is 0.680. The van der Waals surface area contributed by atoms with E-state index in [9.17, 15) is 15.2 Å². The normalized spacial score (nSPS) is 11.2. The van der Waals surface area contributed by atoms with Crippen molar-refractivity contribution in [3.05, 3.63) is 68.8 Å². The Morgan fingerprint density at radius 2 is 1.85 bits per heavy atom. The predicted octanol–water partition coefficient (Wildman–Crippen LogP) is 0.600. The molecule has 1 atom stereocenters. The molecule has 0 fully saturated rings. The zero-order valence-electron chi connectivity index (χ0n) is 15.1. The van der Waals surface area contributed by atoms with Gasteiger partial charge in [-0.3, -0.25) is 26.6 Å². The Kier molecular flexibility index (Phi) is 8.01. The summed E-state index contributed by atoms with van der Waals surface area (Å²) in [5.41, 5.74) is 13.5. The van der Waals surface area contributed by atoms with Crippen molar-refractivity contribution in [3.63, 3.8) is 0 Å². The molecule has 0 heterocycles. The average molecular weight is 396 g/mol. The third-order valence-electron chi connectivity index (χ3n) is 3.93. The molecule has 0 aliphatic rings.